The fraction of sp³-hybridized carbons (Fsp3) is 0.364. The van der Waals surface area contributed by atoms with Crippen LogP contribution in [0.25, 0.3) is 0 Å². The highest BCUT2D eigenvalue weighted by molar-refractivity contribution is 7.80. The molecular weight excluding hydrogens is 194 g/mol. The molecule has 0 radical (unpaired) electrons. The van der Waals surface area contributed by atoms with E-state index >= 15 is 0 Å². The van der Waals surface area contributed by atoms with Crippen molar-refractivity contribution in [2.45, 2.75) is 26.2 Å². The number of phenols is 1. The van der Waals surface area contributed by atoms with Gasteiger partial charge in [0.2, 0.25) is 0 Å². The van der Waals surface area contributed by atoms with Gasteiger partial charge >= 0.3 is 0 Å². The number of hydrogen-bond donors (Lipinski definition) is 2. The number of nitrogens with two attached hydrogens (primary N) is 1. The van der Waals surface area contributed by atoms with Crippen LogP contribution in [-0.4, -0.2) is 10.1 Å². The van der Waals surface area contributed by atoms with Gasteiger partial charge in [0.25, 0.3) is 0 Å². The average Bonchev–Trinajstić information content (AvgIpc) is 2.08. The highest BCUT2D eigenvalue weighted by Crippen LogP contribution is 2.17. The molecule has 0 atom stereocenters. The second-order valence-corrected chi connectivity index (χ2v) is 3.96. The van der Waals surface area contributed by atoms with E-state index in [-0.39, 0.29) is 0 Å². The second kappa shape index (κ2) is 4.96. The predicted octanol–water partition coefficient (Wildman–Crippen LogP) is 2.31. The van der Waals surface area contributed by atoms with Crippen molar-refractivity contribution in [3.63, 3.8) is 0 Å². The minimum atomic E-state index is 0.320. The van der Waals surface area contributed by atoms with Gasteiger partial charge in [-0.15, -0.1) is 0 Å². The van der Waals surface area contributed by atoms with Crippen LogP contribution in [0.4, 0.5) is 0 Å². The van der Waals surface area contributed by atoms with E-state index in [0.29, 0.717) is 10.7 Å². The van der Waals surface area contributed by atoms with Gasteiger partial charge in [-0.25, -0.2) is 0 Å². The van der Waals surface area contributed by atoms with E-state index < -0.39 is 0 Å². The lowest BCUT2D eigenvalue weighted by molar-refractivity contribution is 0.474. The maximum atomic E-state index is 9.21. The summed E-state index contributed by atoms with van der Waals surface area (Å²) in [5.41, 5.74) is 7.78. The van der Waals surface area contributed by atoms with Crippen molar-refractivity contribution in [3.05, 3.63) is 29.3 Å². The first-order chi connectivity index (χ1) is 6.59. The number of aromatic hydroxyl groups is 1. The van der Waals surface area contributed by atoms with Crippen molar-refractivity contribution < 1.29 is 5.11 Å². The average molecular weight is 209 g/mol. The zero-order chi connectivity index (χ0) is 10.6. The topological polar surface area (TPSA) is 46.2 Å². The van der Waals surface area contributed by atoms with E-state index in [4.69, 9.17) is 18.0 Å². The van der Waals surface area contributed by atoms with Gasteiger partial charge in [0.05, 0.1) is 4.99 Å². The van der Waals surface area contributed by atoms with Gasteiger partial charge in [-0.2, -0.15) is 0 Å². The van der Waals surface area contributed by atoms with Crippen molar-refractivity contribution in [3.8, 4) is 5.75 Å². The van der Waals surface area contributed by atoms with E-state index in [9.17, 15) is 5.11 Å². The minimum absolute atomic E-state index is 0.320. The van der Waals surface area contributed by atoms with E-state index in [1.54, 1.807) is 12.1 Å². The molecule has 1 rings (SSSR count). The van der Waals surface area contributed by atoms with Crippen LogP contribution >= 0.6 is 12.2 Å². The van der Waals surface area contributed by atoms with Crippen molar-refractivity contribution >= 4 is 17.2 Å². The molecule has 0 aliphatic carbocycles. The molecule has 76 valence electrons. The van der Waals surface area contributed by atoms with E-state index in [1.165, 1.54) is 5.56 Å². The smallest absolute Gasteiger partial charge is 0.115 e. The van der Waals surface area contributed by atoms with Gasteiger partial charge in [-0.1, -0.05) is 18.3 Å². The number of thiocarbonyl (C=S) groups is 1. The molecule has 1 aromatic rings. The molecule has 1 aromatic carbocycles. The van der Waals surface area contributed by atoms with E-state index in [1.807, 2.05) is 13.0 Å². The largest absolute Gasteiger partial charge is 0.508 e. The number of benzene rings is 1. The maximum Gasteiger partial charge on any atom is 0.115 e. The molecule has 3 heteroatoms. The molecule has 0 aliphatic heterocycles. The Labute approximate surface area is 89.7 Å². The molecule has 0 saturated heterocycles. The summed E-state index contributed by atoms with van der Waals surface area (Å²) in [6.45, 7) is 2.00. The molecule has 0 fully saturated rings. The third kappa shape index (κ3) is 3.34. The maximum absolute atomic E-state index is 9.21. The molecule has 3 N–H and O–H groups in total. The summed E-state index contributed by atoms with van der Waals surface area (Å²) < 4.78 is 0. The third-order valence-corrected chi connectivity index (χ3v) is 2.40. The monoisotopic (exact) mass is 209 g/mol. The predicted molar refractivity (Wildman–Crippen MR) is 62.6 cm³/mol. The van der Waals surface area contributed by atoms with Crippen LogP contribution in [-0.2, 0) is 6.42 Å². The number of phenolic OH excluding ortho intramolecular Hbond substituents is 1. The number of aryl methyl sites for hydroxylation is 2. The number of rotatable bonds is 4. The fourth-order valence-corrected chi connectivity index (χ4v) is 1.56. The third-order valence-electron chi connectivity index (χ3n) is 2.20. The first-order valence-electron chi connectivity index (χ1n) is 4.66. The Morgan fingerprint density at radius 1 is 1.50 bits per heavy atom. The fourth-order valence-electron chi connectivity index (χ4n) is 1.41. The van der Waals surface area contributed by atoms with Crippen LogP contribution in [0, 0.1) is 6.92 Å². The lowest BCUT2D eigenvalue weighted by Crippen LogP contribution is -2.07. The summed E-state index contributed by atoms with van der Waals surface area (Å²) in [4.78, 5) is 0.571. The molecule has 0 heterocycles. The summed E-state index contributed by atoms with van der Waals surface area (Å²) >= 11 is 4.80. The zero-order valence-corrected chi connectivity index (χ0v) is 9.10. The summed E-state index contributed by atoms with van der Waals surface area (Å²) in [6.07, 6.45) is 2.72. The van der Waals surface area contributed by atoms with E-state index in [0.717, 1.165) is 24.8 Å². The SMILES string of the molecule is Cc1cc(O)ccc1CCCC(N)=S. The molecule has 0 aromatic heterocycles. The van der Waals surface area contributed by atoms with Crippen molar-refractivity contribution in [2.24, 2.45) is 5.73 Å². The van der Waals surface area contributed by atoms with Gasteiger partial charge in [-0.05, 0) is 49.4 Å². The van der Waals surface area contributed by atoms with Gasteiger partial charge in [0.1, 0.15) is 5.75 Å². The minimum Gasteiger partial charge on any atom is -0.508 e. The Morgan fingerprint density at radius 2 is 2.21 bits per heavy atom. The highest BCUT2D eigenvalue weighted by atomic mass is 32.1. The molecule has 0 spiro atoms. The second-order valence-electron chi connectivity index (χ2n) is 3.43. The molecule has 14 heavy (non-hydrogen) atoms. The Bertz CT molecular complexity index is 336. The van der Waals surface area contributed by atoms with Crippen LogP contribution in [0.3, 0.4) is 0 Å². The molecule has 0 unspecified atom stereocenters. The van der Waals surface area contributed by atoms with Crippen LogP contribution in [0.5, 0.6) is 5.75 Å². The summed E-state index contributed by atoms with van der Waals surface area (Å²) in [6, 6.07) is 5.43. The van der Waals surface area contributed by atoms with Crippen LogP contribution < -0.4 is 5.73 Å². The van der Waals surface area contributed by atoms with Crippen molar-refractivity contribution in [1.29, 1.82) is 0 Å². The van der Waals surface area contributed by atoms with Gasteiger partial charge in [0, 0.05) is 0 Å². The molecule has 0 amide bonds. The van der Waals surface area contributed by atoms with Crippen LogP contribution in [0.2, 0.25) is 0 Å². The summed E-state index contributed by atoms with van der Waals surface area (Å²) in [7, 11) is 0. The lowest BCUT2D eigenvalue weighted by Gasteiger charge is -2.05. The Hall–Kier alpha value is -1.09. The molecular formula is C11H15NOS. The normalized spacial score (nSPS) is 10.1. The molecule has 0 aliphatic rings. The lowest BCUT2D eigenvalue weighted by atomic mass is 10.0. The Balaban J connectivity index is 2.55. The number of hydrogen-bond acceptors (Lipinski definition) is 2. The first kappa shape index (κ1) is 11.0. The molecule has 0 saturated carbocycles. The highest BCUT2D eigenvalue weighted by Gasteiger charge is 1.99. The van der Waals surface area contributed by atoms with E-state index in [2.05, 4.69) is 0 Å². The zero-order valence-electron chi connectivity index (χ0n) is 8.29. The molecule has 2 nitrogen and oxygen atoms in total. The standard InChI is InChI=1S/C11H15NOS/c1-8-7-10(13)6-5-9(8)3-2-4-11(12)14/h5-7,13H,2-4H2,1H3,(H2,12,14). The van der Waals surface area contributed by atoms with Crippen molar-refractivity contribution in [1.82, 2.24) is 0 Å². The van der Waals surface area contributed by atoms with Gasteiger partial charge < -0.3 is 10.8 Å². The summed E-state index contributed by atoms with van der Waals surface area (Å²) in [5.74, 6) is 0.320. The van der Waals surface area contributed by atoms with Gasteiger partial charge in [-0.3, -0.25) is 0 Å². The van der Waals surface area contributed by atoms with Crippen LogP contribution in [0.1, 0.15) is 24.0 Å². The molecule has 0 bridgehead atoms. The van der Waals surface area contributed by atoms with Crippen molar-refractivity contribution in [2.75, 3.05) is 0 Å². The summed E-state index contributed by atoms with van der Waals surface area (Å²) in [5, 5.41) is 9.21. The van der Waals surface area contributed by atoms with Gasteiger partial charge in [0.15, 0.2) is 0 Å². The Kier molecular flexibility index (Phi) is 3.89. The first-order valence-corrected chi connectivity index (χ1v) is 5.07. The quantitative estimate of drug-likeness (QED) is 0.748. The Morgan fingerprint density at radius 3 is 2.79 bits per heavy atom. The van der Waals surface area contributed by atoms with Crippen LogP contribution in [0.15, 0.2) is 18.2 Å².